The van der Waals surface area contributed by atoms with Crippen molar-refractivity contribution in [3.8, 4) is 11.6 Å². The maximum Gasteiger partial charge on any atom is 0.416 e. The minimum Gasteiger partial charge on any atom is -0.493 e. The number of imidazole rings is 1. The number of halogens is 3. The lowest BCUT2D eigenvalue weighted by Gasteiger charge is -2.27. The zero-order chi connectivity index (χ0) is 28.6. The lowest BCUT2D eigenvalue weighted by molar-refractivity contribution is -0.137. The fraction of sp³-hybridized carbons (Fsp3) is 0.345. The van der Waals surface area contributed by atoms with E-state index in [4.69, 9.17) is 5.10 Å². The number of alkyl halides is 3. The van der Waals surface area contributed by atoms with E-state index in [1.807, 2.05) is 51.1 Å². The van der Waals surface area contributed by atoms with Gasteiger partial charge in [0.15, 0.2) is 0 Å². The number of amides is 1. The van der Waals surface area contributed by atoms with Crippen LogP contribution in [0.1, 0.15) is 72.3 Å². The highest BCUT2D eigenvalue weighted by molar-refractivity contribution is 5.93. The number of hydrogen-bond donors (Lipinski definition) is 1. The molecule has 4 aromatic rings. The monoisotopic (exact) mass is 551 g/mol. The number of nitrogens with zero attached hydrogens (tertiary/aromatic N) is 5. The van der Waals surface area contributed by atoms with Crippen LogP contribution in [0.4, 0.5) is 13.2 Å². The van der Waals surface area contributed by atoms with Gasteiger partial charge in [-0.2, -0.15) is 18.3 Å². The van der Waals surface area contributed by atoms with Gasteiger partial charge in [-0.15, -0.1) is 0 Å². The first-order valence-electron chi connectivity index (χ1n) is 13.0. The van der Waals surface area contributed by atoms with E-state index in [1.54, 1.807) is 15.6 Å². The molecule has 2 aliphatic heterocycles. The number of aromatic nitrogens is 4. The number of carbonyl (C=O) groups excluding carboxylic acids is 1. The third-order valence-electron chi connectivity index (χ3n) is 7.69. The predicted molar refractivity (Wildman–Crippen MR) is 141 cm³/mol. The van der Waals surface area contributed by atoms with Crippen molar-refractivity contribution < 1.29 is 23.1 Å². The molecule has 0 radical (unpaired) electrons. The molecular formula is C29H28F3N5O3. The van der Waals surface area contributed by atoms with Crippen molar-refractivity contribution in [2.45, 2.75) is 57.4 Å². The van der Waals surface area contributed by atoms with Gasteiger partial charge in [0.25, 0.3) is 5.91 Å². The van der Waals surface area contributed by atoms with E-state index in [2.05, 4.69) is 0 Å². The van der Waals surface area contributed by atoms with E-state index in [-0.39, 0.29) is 29.2 Å². The predicted octanol–water partition coefficient (Wildman–Crippen LogP) is 5.05. The third-order valence-corrected chi connectivity index (χ3v) is 7.69. The van der Waals surface area contributed by atoms with E-state index in [1.165, 1.54) is 16.7 Å². The fourth-order valence-electron chi connectivity index (χ4n) is 5.70. The molecule has 1 N–H and O–H groups in total. The molecule has 2 aliphatic rings. The smallest absolute Gasteiger partial charge is 0.416 e. The first-order chi connectivity index (χ1) is 18.8. The quantitative estimate of drug-likeness (QED) is 0.385. The second kappa shape index (κ2) is 8.87. The molecule has 8 nitrogen and oxygen atoms in total. The molecule has 2 unspecified atom stereocenters. The average molecular weight is 552 g/mol. The SMILES string of the molecule is CC(C)(C)c1cc(C(=O)N2CC3CC2c2c(O)n(-c4cccc(C(F)(F)F)c4)c(=O)n23)n(Cc2ccccc2)n1. The molecule has 1 saturated heterocycles. The number of rotatable bonds is 4. The Kier molecular flexibility index (Phi) is 5.76. The summed E-state index contributed by atoms with van der Waals surface area (Å²) in [5, 5.41) is 15.9. The number of likely N-dealkylation sites (tertiary alicyclic amines) is 1. The summed E-state index contributed by atoms with van der Waals surface area (Å²) in [6, 6.07) is 14.7. The Morgan fingerprint density at radius 2 is 1.77 bits per heavy atom. The van der Waals surface area contributed by atoms with Crippen LogP contribution < -0.4 is 5.69 Å². The van der Waals surface area contributed by atoms with Crippen LogP contribution in [0.25, 0.3) is 5.69 Å². The number of aromatic hydroxyl groups is 1. The van der Waals surface area contributed by atoms with E-state index in [9.17, 15) is 27.9 Å². The van der Waals surface area contributed by atoms with Crippen LogP contribution >= 0.6 is 0 Å². The van der Waals surface area contributed by atoms with Crippen molar-refractivity contribution in [1.82, 2.24) is 23.8 Å². The Labute approximate surface area is 227 Å². The maximum absolute atomic E-state index is 14.0. The van der Waals surface area contributed by atoms with Crippen molar-refractivity contribution in [3.05, 3.63) is 99.4 Å². The highest BCUT2D eigenvalue weighted by atomic mass is 19.4. The molecule has 0 spiro atoms. The fourth-order valence-corrected chi connectivity index (χ4v) is 5.70. The Morgan fingerprint density at radius 3 is 2.45 bits per heavy atom. The molecule has 208 valence electrons. The Bertz CT molecular complexity index is 1680. The molecule has 2 bridgehead atoms. The van der Waals surface area contributed by atoms with Crippen molar-refractivity contribution in [3.63, 3.8) is 0 Å². The first-order valence-corrected chi connectivity index (χ1v) is 13.0. The minimum absolute atomic E-state index is 0.0905. The summed E-state index contributed by atoms with van der Waals surface area (Å²) in [7, 11) is 0. The Hall–Kier alpha value is -4.28. The highest BCUT2D eigenvalue weighted by Crippen LogP contribution is 2.49. The van der Waals surface area contributed by atoms with Crippen LogP contribution in [0.5, 0.6) is 5.88 Å². The molecular weight excluding hydrogens is 523 g/mol. The van der Waals surface area contributed by atoms with Crippen LogP contribution in [-0.4, -0.2) is 41.4 Å². The number of fused-ring (bicyclic) bond motifs is 5. The van der Waals surface area contributed by atoms with Gasteiger partial charge >= 0.3 is 11.9 Å². The van der Waals surface area contributed by atoms with E-state index >= 15 is 0 Å². The van der Waals surface area contributed by atoms with Gasteiger partial charge in [0.2, 0.25) is 5.88 Å². The first kappa shape index (κ1) is 26.0. The van der Waals surface area contributed by atoms with Crippen LogP contribution in [0.2, 0.25) is 0 Å². The Morgan fingerprint density at radius 1 is 1.05 bits per heavy atom. The summed E-state index contributed by atoms with van der Waals surface area (Å²) >= 11 is 0. The van der Waals surface area contributed by atoms with Crippen molar-refractivity contribution in [2.24, 2.45) is 0 Å². The van der Waals surface area contributed by atoms with Gasteiger partial charge in [-0.05, 0) is 36.2 Å². The zero-order valence-corrected chi connectivity index (χ0v) is 22.2. The van der Waals surface area contributed by atoms with Gasteiger partial charge in [-0.1, -0.05) is 57.2 Å². The minimum atomic E-state index is -4.60. The topological polar surface area (TPSA) is 85.3 Å². The molecule has 6 rings (SSSR count). The molecule has 0 aliphatic carbocycles. The van der Waals surface area contributed by atoms with Crippen molar-refractivity contribution in [1.29, 1.82) is 0 Å². The van der Waals surface area contributed by atoms with Gasteiger partial charge in [0, 0.05) is 12.0 Å². The van der Waals surface area contributed by atoms with Gasteiger partial charge in [0.1, 0.15) is 11.4 Å². The second-order valence-electron chi connectivity index (χ2n) is 11.4. The average Bonchev–Trinajstić information content (AvgIpc) is 3.65. The van der Waals surface area contributed by atoms with Gasteiger partial charge in [-0.25, -0.2) is 9.36 Å². The highest BCUT2D eigenvalue weighted by Gasteiger charge is 2.50. The molecule has 11 heteroatoms. The molecule has 2 aromatic heterocycles. The van der Waals surface area contributed by atoms with Crippen LogP contribution in [0, 0.1) is 0 Å². The summed E-state index contributed by atoms with van der Waals surface area (Å²) < 4.78 is 43.9. The third kappa shape index (κ3) is 4.11. The maximum atomic E-state index is 14.0. The lowest BCUT2D eigenvalue weighted by atomic mass is 9.92. The van der Waals surface area contributed by atoms with Gasteiger partial charge < -0.3 is 10.0 Å². The lowest BCUT2D eigenvalue weighted by Crippen LogP contribution is -2.38. The van der Waals surface area contributed by atoms with Crippen molar-refractivity contribution in [2.75, 3.05) is 6.54 Å². The normalized spacial score (nSPS) is 18.4. The summed E-state index contributed by atoms with van der Waals surface area (Å²) in [6.45, 7) is 6.68. The number of benzene rings is 2. The van der Waals surface area contributed by atoms with E-state index in [0.29, 0.717) is 18.7 Å². The summed E-state index contributed by atoms with van der Waals surface area (Å²) in [5.74, 6) is -0.737. The molecule has 2 aromatic carbocycles. The number of hydrogen-bond acceptors (Lipinski definition) is 4. The van der Waals surface area contributed by atoms with Crippen LogP contribution in [0.3, 0.4) is 0 Å². The van der Waals surface area contributed by atoms with Gasteiger partial charge in [-0.3, -0.25) is 14.0 Å². The molecule has 1 amide bonds. The molecule has 0 saturated carbocycles. The molecule has 1 fully saturated rings. The standard InChI is InChI=1S/C29H28F3N5O3/c1-28(2,3)23-14-22(35(33-23)15-17-8-5-4-6-9-17)25(38)34-16-20-13-21(34)24-26(39)37(27(40)36(20)24)19-11-7-10-18(12-19)29(30,31)32/h4-12,14,20-21,39H,13,15-16H2,1-3H3. The van der Waals surface area contributed by atoms with E-state index < -0.39 is 35.4 Å². The second-order valence-corrected chi connectivity index (χ2v) is 11.4. The van der Waals surface area contributed by atoms with Gasteiger partial charge in [0.05, 0.1) is 35.6 Å². The molecule has 4 heterocycles. The van der Waals surface area contributed by atoms with Crippen LogP contribution in [0.15, 0.2) is 65.5 Å². The zero-order valence-electron chi connectivity index (χ0n) is 22.2. The summed E-state index contributed by atoms with van der Waals surface area (Å²) in [4.78, 5) is 28.9. The Balaban J connectivity index is 1.38. The molecule has 2 atom stereocenters. The van der Waals surface area contributed by atoms with Crippen LogP contribution in [-0.2, 0) is 18.1 Å². The van der Waals surface area contributed by atoms with E-state index in [0.717, 1.165) is 28.0 Å². The summed E-state index contributed by atoms with van der Waals surface area (Å²) in [5.41, 5.74) is 0.414. The van der Waals surface area contributed by atoms with Crippen molar-refractivity contribution >= 4 is 5.91 Å². The largest absolute Gasteiger partial charge is 0.493 e. The number of carbonyl (C=O) groups is 1. The summed E-state index contributed by atoms with van der Waals surface area (Å²) in [6.07, 6.45) is -4.17. The molecule has 40 heavy (non-hydrogen) atoms.